The van der Waals surface area contributed by atoms with Crippen molar-refractivity contribution in [3.05, 3.63) is 48.2 Å². The Morgan fingerprint density at radius 3 is 2.57 bits per heavy atom. The van der Waals surface area contributed by atoms with Gasteiger partial charge in [0.15, 0.2) is 0 Å². The maximum Gasteiger partial charge on any atom is 0.115 e. The van der Waals surface area contributed by atoms with Gasteiger partial charge < -0.3 is 10.0 Å². The van der Waals surface area contributed by atoms with Crippen LogP contribution in [0.3, 0.4) is 0 Å². The lowest BCUT2D eigenvalue weighted by atomic mass is 10.2. The van der Waals surface area contributed by atoms with E-state index in [1.807, 2.05) is 12.1 Å². The van der Waals surface area contributed by atoms with Crippen molar-refractivity contribution < 1.29 is 5.11 Å². The molecule has 1 N–H and O–H groups in total. The summed E-state index contributed by atoms with van der Waals surface area (Å²) in [6.45, 7) is 2.96. The number of aromatic hydroxyl groups is 1. The Balaban J connectivity index is 2.24. The number of allylic oxidation sites excluding steroid dienone is 2. The van der Waals surface area contributed by atoms with Gasteiger partial charge in [0, 0.05) is 18.4 Å². The zero-order valence-corrected chi connectivity index (χ0v) is 8.14. The summed E-state index contributed by atoms with van der Waals surface area (Å²) in [6, 6.07) is 7.24. The van der Waals surface area contributed by atoms with Crippen molar-refractivity contribution in [2.75, 3.05) is 11.4 Å². The van der Waals surface area contributed by atoms with Crippen LogP contribution < -0.4 is 4.90 Å². The van der Waals surface area contributed by atoms with Crippen molar-refractivity contribution in [2.24, 2.45) is 0 Å². The SMILES string of the molecule is CC1=CN(c2ccc(O)cc2)CC=C1. The molecule has 0 atom stereocenters. The van der Waals surface area contributed by atoms with Crippen LogP contribution in [0.1, 0.15) is 6.92 Å². The molecule has 0 radical (unpaired) electrons. The Morgan fingerprint density at radius 2 is 1.93 bits per heavy atom. The summed E-state index contributed by atoms with van der Waals surface area (Å²) < 4.78 is 0. The van der Waals surface area contributed by atoms with Crippen LogP contribution in [0, 0.1) is 0 Å². The van der Waals surface area contributed by atoms with Gasteiger partial charge in [-0.2, -0.15) is 0 Å². The first-order valence-corrected chi connectivity index (χ1v) is 4.66. The number of hydrogen-bond acceptors (Lipinski definition) is 2. The number of rotatable bonds is 1. The van der Waals surface area contributed by atoms with Gasteiger partial charge in [0.05, 0.1) is 0 Å². The second kappa shape index (κ2) is 3.58. The third-order valence-electron chi connectivity index (χ3n) is 2.22. The van der Waals surface area contributed by atoms with Crippen molar-refractivity contribution in [1.82, 2.24) is 0 Å². The third-order valence-corrected chi connectivity index (χ3v) is 2.22. The second-order valence-electron chi connectivity index (χ2n) is 3.44. The average molecular weight is 187 g/mol. The molecule has 2 heteroatoms. The Kier molecular flexibility index (Phi) is 2.27. The maximum absolute atomic E-state index is 9.16. The van der Waals surface area contributed by atoms with E-state index < -0.39 is 0 Å². The van der Waals surface area contributed by atoms with Crippen LogP contribution in [0.4, 0.5) is 5.69 Å². The Hall–Kier alpha value is -1.70. The molecular weight excluding hydrogens is 174 g/mol. The summed E-state index contributed by atoms with van der Waals surface area (Å²) in [5.74, 6) is 0.307. The quantitative estimate of drug-likeness (QED) is 0.730. The van der Waals surface area contributed by atoms with Gasteiger partial charge in [-0.05, 0) is 36.8 Å². The molecule has 0 bridgehead atoms. The highest BCUT2D eigenvalue weighted by Crippen LogP contribution is 2.21. The van der Waals surface area contributed by atoms with E-state index in [1.165, 1.54) is 5.57 Å². The Labute approximate surface area is 83.8 Å². The van der Waals surface area contributed by atoms with E-state index in [1.54, 1.807) is 12.1 Å². The highest BCUT2D eigenvalue weighted by atomic mass is 16.3. The number of nitrogens with zero attached hydrogens (tertiary/aromatic N) is 1. The van der Waals surface area contributed by atoms with Crippen molar-refractivity contribution in [2.45, 2.75) is 6.92 Å². The van der Waals surface area contributed by atoms with Crippen molar-refractivity contribution >= 4 is 5.69 Å². The lowest BCUT2D eigenvalue weighted by Crippen LogP contribution is -2.18. The zero-order valence-electron chi connectivity index (χ0n) is 8.14. The number of hydrogen-bond donors (Lipinski definition) is 1. The minimum Gasteiger partial charge on any atom is -0.508 e. The predicted octanol–water partition coefficient (Wildman–Crippen LogP) is 2.67. The number of phenols is 1. The van der Waals surface area contributed by atoms with E-state index >= 15 is 0 Å². The summed E-state index contributed by atoms with van der Waals surface area (Å²) in [6.07, 6.45) is 6.34. The van der Waals surface area contributed by atoms with Crippen molar-refractivity contribution in [3.8, 4) is 5.75 Å². The van der Waals surface area contributed by atoms with E-state index in [9.17, 15) is 0 Å². The highest BCUT2D eigenvalue weighted by molar-refractivity contribution is 5.53. The van der Waals surface area contributed by atoms with E-state index in [0.717, 1.165) is 12.2 Å². The van der Waals surface area contributed by atoms with Gasteiger partial charge in [0.25, 0.3) is 0 Å². The summed E-state index contributed by atoms with van der Waals surface area (Å²) in [5.41, 5.74) is 2.34. The standard InChI is InChI=1S/C12H13NO/c1-10-3-2-8-13(9-10)11-4-6-12(14)7-5-11/h2-7,9,14H,8H2,1H3. The molecule has 1 aromatic rings. The van der Waals surface area contributed by atoms with Crippen LogP contribution >= 0.6 is 0 Å². The molecule has 1 heterocycles. The monoisotopic (exact) mass is 187 g/mol. The van der Waals surface area contributed by atoms with Gasteiger partial charge in [-0.25, -0.2) is 0 Å². The first kappa shape index (κ1) is 8.88. The van der Waals surface area contributed by atoms with E-state index in [-0.39, 0.29) is 0 Å². The second-order valence-corrected chi connectivity index (χ2v) is 3.44. The summed E-state index contributed by atoms with van der Waals surface area (Å²) in [7, 11) is 0. The van der Waals surface area contributed by atoms with Gasteiger partial charge in [-0.15, -0.1) is 0 Å². The van der Waals surface area contributed by atoms with Crippen LogP contribution in [0.25, 0.3) is 0 Å². The minimum absolute atomic E-state index is 0.307. The molecule has 72 valence electrons. The van der Waals surface area contributed by atoms with Crippen LogP contribution in [-0.4, -0.2) is 11.7 Å². The van der Waals surface area contributed by atoms with Crippen molar-refractivity contribution in [3.63, 3.8) is 0 Å². The summed E-state index contributed by atoms with van der Waals surface area (Å²) in [4.78, 5) is 2.15. The third kappa shape index (κ3) is 1.79. The molecular formula is C12H13NO. The fourth-order valence-electron chi connectivity index (χ4n) is 1.52. The predicted molar refractivity (Wildman–Crippen MR) is 58.3 cm³/mol. The van der Waals surface area contributed by atoms with E-state index in [4.69, 9.17) is 5.11 Å². The molecule has 0 aromatic heterocycles. The lowest BCUT2D eigenvalue weighted by Gasteiger charge is -2.22. The van der Waals surface area contributed by atoms with E-state index in [0.29, 0.717) is 5.75 Å². The average Bonchev–Trinajstić information content (AvgIpc) is 2.19. The normalized spacial score (nSPS) is 15.5. The minimum atomic E-state index is 0.307. The van der Waals surface area contributed by atoms with Gasteiger partial charge in [0.1, 0.15) is 5.75 Å². The molecule has 0 amide bonds. The fourth-order valence-corrected chi connectivity index (χ4v) is 1.52. The van der Waals surface area contributed by atoms with Gasteiger partial charge >= 0.3 is 0 Å². The Morgan fingerprint density at radius 1 is 1.21 bits per heavy atom. The molecule has 2 rings (SSSR count). The topological polar surface area (TPSA) is 23.5 Å². The van der Waals surface area contributed by atoms with Crippen LogP contribution in [0.5, 0.6) is 5.75 Å². The first-order valence-electron chi connectivity index (χ1n) is 4.66. The van der Waals surface area contributed by atoms with Gasteiger partial charge in [-0.3, -0.25) is 0 Å². The lowest BCUT2D eigenvalue weighted by molar-refractivity contribution is 0.475. The molecule has 0 aliphatic carbocycles. The molecule has 0 saturated carbocycles. The molecule has 0 fully saturated rings. The number of phenolic OH excluding ortho intramolecular Hbond substituents is 1. The van der Waals surface area contributed by atoms with E-state index in [2.05, 4.69) is 30.2 Å². The molecule has 1 aliphatic rings. The molecule has 0 saturated heterocycles. The molecule has 1 aromatic carbocycles. The number of anilines is 1. The smallest absolute Gasteiger partial charge is 0.115 e. The molecule has 14 heavy (non-hydrogen) atoms. The van der Waals surface area contributed by atoms with Crippen LogP contribution in [-0.2, 0) is 0 Å². The summed E-state index contributed by atoms with van der Waals surface area (Å²) in [5, 5.41) is 9.16. The van der Waals surface area contributed by atoms with Crippen LogP contribution in [0.15, 0.2) is 48.2 Å². The highest BCUT2D eigenvalue weighted by Gasteiger charge is 2.04. The first-order chi connectivity index (χ1) is 6.75. The molecule has 1 aliphatic heterocycles. The zero-order chi connectivity index (χ0) is 9.97. The van der Waals surface area contributed by atoms with Crippen molar-refractivity contribution in [1.29, 1.82) is 0 Å². The molecule has 0 spiro atoms. The largest absolute Gasteiger partial charge is 0.508 e. The number of benzene rings is 1. The maximum atomic E-state index is 9.16. The van der Waals surface area contributed by atoms with Gasteiger partial charge in [0.2, 0.25) is 0 Å². The summed E-state index contributed by atoms with van der Waals surface area (Å²) >= 11 is 0. The van der Waals surface area contributed by atoms with Gasteiger partial charge in [-0.1, -0.05) is 12.2 Å². The van der Waals surface area contributed by atoms with Crippen LogP contribution in [0.2, 0.25) is 0 Å². The molecule has 0 unspecified atom stereocenters. The Bertz CT molecular complexity index is 376. The molecule has 2 nitrogen and oxygen atoms in total. The fraction of sp³-hybridized carbons (Fsp3) is 0.167.